The van der Waals surface area contributed by atoms with Crippen LogP contribution in [-0.2, 0) is 0 Å². The van der Waals surface area contributed by atoms with Crippen molar-refractivity contribution in [2.75, 3.05) is 5.32 Å². The fraction of sp³-hybridized carbons (Fsp3) is 0. The minimum atomic E-state index is 0.402. The Morgan fingerprint density at radius 1 is 1.19 bits per heavy atom. The van der Waals surface area contributed by atoms with Gasteiger partial charge in [-0.3, -0.25) is 10.4 Å². The van der Waals surface area contributed by atoms with E-state index >= 15 is 0 Å². The molecule has 106 valence electrons. The Bertz CT molecular complexity index is 641. The minimum absolute atomic E-state index is 0.402. The average molecular weight is 361 g/mol. The van der Waals surface area contributed by atoms with Crippen molar-refractivity contribution < 1.29 is 0 Å². The van der Waals surface area contributed by atoms with Crippen molar-refractivity contribution in [1.29, 1.82) is 0 Å². The number of halogens is 1. The molecule has 0 spiro atoms. The predicted molar refractivity (Wildman–Crippen MR) is 95.4 cm³/mol. The van der Waals surface area contributed by atoms with Crippen molar-refractivity contribution in [3.63, 3.8) is 0 Å². The van der Waals surface area contributed by atoms with E-state index in [1.165, 1.54) is 0 Å². The van der Waals surface area contributed by atoms with Gasteiger partial charge in [-0.05, 0) is 51.9 Å². The van der Waals surface area contributed by atoms with Crippen LogP contribution < -0.4 is 10.7 Å². The van der Waals surface area contributed by atoms with Crippen LogP contribution in [0.1, 0.15) is 5.56 Å². The molecule has 0 aliphatic carbocycles. The van der Waals surface area contributed by atoms with Crippen LogP contribution in [-0.4, -0.2) is 16.3 Å². The Morgan fingerprint density at radius 2 is 2.00 bits per heavy atom. The first-order valence-corrected chi connectivity index (χ1v) is 7.36. The number of hydrogen-bond donors (Lipinski definition) is 2. The molecule has 6 heteroatoms. The third-order valence-electron chi connectivity index (χ3n) is 2.38. The molecule has 0 aliphatic rings. The van der Waals surface area contributed by atoms with Gasteiger partial charge in [-0.15, -0.1) is 0 Å². The molecule has 0 unspecified atom stereocenters. The Labute approximate surface area is 137 Å². The van der Waals surface area contributed by atoms with E-state index < -0.39 is 0 Å². The van der Waals surface area contributed by atoms with Gasteiger partial charge in [0.2, 0.25) is 0 Å². The number of nitrogens with zero attached hydrogens (tertiary/aromatic N) is 2. The van der Waals surface area contributed by atoms with Gasteiger partial charge in [0, 0.05) is 10.7 Å². The zero-order chi connectivity index (χ0) is 14.9. The monoisotopic (exact) mass is 360 g/mol. The highest BCUT2D eigenvalue weighted by Gasteiger charge is 1.95. The van der Waals surface area contributed by atoms with Gasteiger partial charge in [0.05, 0.1) is 18.1 Å². The van der Waals surface area contributed by atoms with Gasteiger partial charge in [-0.1, -0.05) is 30.3 Å². The number of rotatable bonds is 4. The molecule has 0 fully saturated rings. The van der Waals surface area contributed by atoms with Gasteiger partial charge < -0.3 is 5.32 Å². The lowest BCUT2D eigenvalue weighted by Crippen LogP contribution is -2.23. The van der Waals surface area contributed by atoms with Gasteiger partial charge in [0.1, 0.15) is 0 Å². The van der Waals surface area contributed by atoms with Crippen LogP contribution in [0.4, 0.5) is 5.69 Å². The SMILES string of the molecule is S=C(N/N=C/C(Br)=C/c1ccccc1)Nc1cccnc1. The van der Waals surface area contributed by atoms with Crippen LogP contribution in [0.5, 0.6) is 0 Å². The molecule has 21 heavy (non-hydrogen) atoms. The number of hydrogen-bond acceptors (Lipinski definition) is 3. The highest BCUT2D eigenvalue weighted by Crippen LogP contribution is 2.09. The third-order valence-corrected chi connectivity index (χ3v) is 3.00. The van der Waals surface area contributed by atoms with E-state index in [2.05, 4.69) is 36.8 Å². The second-order valence-electron chi connectivity index (χ2n) is 4.01. The molecule has 0 aliphatic heterocycles. The lowest BCUT2D eigenvalue weighted by Gasteiger charge is -2.05. The number of hydrazone groups is 1. The molecular weight excluding hydrogens is 348 g/mol. The van der Waals surface area contributed by atoms with Gasteiger partial charge >= 0.3 is 0 Å². The normalized spacial score (nSPS) is 11.4. The molecule has 2 N–H and O–H groups in total. The lowest BCUT2D eigenvalue weighted by molar-refractivity contribution is 1.05. The molecule has 0 bridgehead atoms. The molecule has 2 aromatic rings. The summed E-state index contributed by atoms with van der Waals surface area (Å²) in [7, 11) is 0. The molecule has 1 aromatic heterocycles. The van der Waals surface area contributed by atoms with Crippen molar-refractivity contribution in [2.45, 2.75) is 0 Å². The molecule has 0 saturated heterocycles. The predicted octanol–water partition coefficient (Wildman–Crippen LogP) is 3.79. The first-order valence-electron chi connectivity index (χ1n) is 6.16. The number of thiocarbonyl (C=S) groups is 1. The van der Waals surface area contributed by atoms with Gasteiger partial charge in [0.15, 0.2) is 5.11 Å². The summed E-state index contributed by atoms with van der Waals surface area (Å²) in [5, 5.41) is 7.43. The first-order chi connectivity index (χ1) is 10.2. The van der Waals surface area contributed by atoms with Crippen LogP contribution in [0, 0.1) is 0 Å². The molecular formula is C15H13BrN4S. The van der Waals surface area contributed by atoms with E-state index in [4.69, 9.17) is 12.2 Å². The van der Waals surface area contributed by atoms with Crippen LogP contribution in [0.3, 0.4) is 0 Å². The molecule has 1 heterocycles. The second kappa shape index (κ2) is 8.28. The largest absolute Gasteiger partial charge is 0.330 e. The molecule has 0 atom stereocenters. The third kappa shape index (κ3) is 5.85. The Morgan fingerprint density at radius 3 is 2.71 bits per heavy atom. The summed E-state index contributed by atoms with van der Waals surface area (Å²) in [4.78, 5) is 3.99. The number of nitrogens with one attached hydrogen (secondary N) is 2. The molecule has 2 rings (SSSR count). The fourth-order valence-corrected chi connectivity index (χ4v) is 2.03. The Hall–Kier alpha value is -2.05. The van der Waals surface area contributed by atoms with Crippen molar-refractivity contribution in [2.24, 2.45) is 5.10 Å². The highest BCUT2D eigenvalue weighted by molar-refractivity contribution is 9.12. The molecule has 0 amide bonds. The summed E-state index contributed by atoms with van der Waals surface area (Å²) in [5.74, 6) is 0. The van der Waals surface area contributed by atoms with E-state index in [0.29, 0.717) is 5.11 Å². The Balaban J connectivity index is 1.84. The average Bonchev–Trinajstić information content (AvgIpc) is 2.49. The first kappa shape index (κ1) is 15.3. The van der Waals surface area contributed by atoms with Crippen molar-refractivity contribution in [3.8, 4) is 0 Å². The highest BCUT2D eigenvalue weighted by atomic mass is 79.9. The van der Waals surface area contributed by atoms with E-state index in [9.17, 15) is 0 Å². The van der Waals surface area contributed by atoms with E-state index in [-0.39, 0.29) is 0 Å². The number of allylic oxidation sites excluding steroid dienone is 1. The van der Waals surface area contributed by atoms with Crippen molar-refractivity contribution in [3.05, 3.63) is 64.9 Å². The zero-order valence-corrected chi connectivity index (χ0v) is 13.4. The van der Waals surface area contributed by atoms with E-state index in [0.717, 1.165) is 15.7 Å². The summed E-state index contributed by atoms with van der Waals surface area (Å²) >= 11 is 8.55. The molecule has 0 saturated carbocycles. The second-order valence-corrected chi connectivity index (χ2v) is 5.33. The fourth-order valence-electron chi connectivity index (χ4n) is 1.49. The number of anilines is 1. The summed E-state index contributed by atoms with van der Waals surface area (Å²) in [6.07, 6.45) is 6.99. The van der Waals surface area contributed by atoms with Gasteiger partial charge in [0.25, 0.3) is 0 Å². The standard InChI is InChI=1S/C15H13BrN4S/c16-13(9-12-5-2-1-3-6-12)10-18-20-15(21)19-14-7-4-8-17-11-14/h1-11H,(H2,19,20,21)/b13-9-,18-10+. The summed E-state index contributed by atoms with van der Waals surface area (Å²) in [6.45, 7) is 0. The lowest BCUT2D eigenvalue weighted by atomic mass is 10.2. The maximum Gasteiger partial charge on any atom is 0.191 e. The van der Waals surface area contributed by atoms with E-state index in [1.807, 2.05) is 48.5 Å². The van der Waals surface area contributed by atoms with Gasteiger partial charge in [-0.25, -0.2) is 0 Å². The van der Waals surface area contributed by atoms with Crippen LogP contribution >= 0.6 is 28.1 Å². The molecule has 0 radical (unpaired) electrons. The number of pyridine rings is 1. The van der Waals surface area contributed by atoms with Crippen molar-refractivity contribution in [1.82, 2.24) is 10.4 Å². The summed E-state index contributed by atoms with van der Waals surface area (Å²) in [5.41, 5.74) is 4.64. The van der Waals surface area contributed by atoms with Crippen LogP contribution in [0.15, 0.2) is 64.4 Å². The topological polar surface area (TPSA) is 49.3 Å². The Kier molecular flexibility index (Phi) is 6.05. The maximum atomic E-state index is 5.12. The van der Waals surface area contributed by atoms with E-state index in [1.54, 1.807) is 18.6 Å². The molecule has 1 aromatic carbocycles. The smallest absolute Gasteiger partial charge is 0.191 e. The van der Waals surface area contributed by atoms with Crippen LogP contribution in [0.25, 0.3) is 6.08 Å². The summed E-state index contributed by atoms with van der Waals surface area (Å²) in [6, 6.07) is 13.7. The van der Waals surface area contributed by atoms with Crippen molar-refractivity contribution >= 4 is 51.2 Å². The maximum absolute atomic E-state index is 5.12. The molecule has 4 nitrogen and oxygen atoms in total. The van der Waals surface area contributed by atoms with Gasteiger partial charge in [-0.2, -0.15) is 5.10 Å². The number of benzene rings is 1. The quantitative estimate of drug-likeness (QED) is 0.494. The minimum Gasteiger partial charge on any atom is -0.330 e. The summed E-state index contributed by atoms with van der Waals surface area (Å²) < 4.78 is 0.838. The zero-order valence-electron chi connectivity index (χ0n) is 11.0. The number of aromatic nitrogens is 1. The van der Waals surface area contributed by atoms with Crippen LogP contribution in [0.2, 0.25) is 0 Å².